The van der Waals surface area contributed by atoms with Gasteiger partial charge < -0.3 is 11.1 Å². The summed E-state index contributed by atoms with van der Waals surface area (Å²) in [6.45, 7) is 2.06. The molecule has 0 saturated carbocycles. The minimum Gasteiger partial charge on any atom is -0.366 e. The van der Waals surface area contributed by atoms with Crippen LogP contribution in [-0.4, -0.2) is 11.8 Å². The van der Waals surface area contributed by atoms with E-state index in [1.165, 1.54) is 11.1 Å². The van der Waals surface area contributed by atoms with E-state index in [4.69, 9.17) is 5.73 Å². The summed E-state index contributed by atoms with van der Waals surface area (Å²) in [4.78, 5) is 22.8. The predicted octanol–water partition coefficient (Wildman–Crippen LogP) is 3.06. The molecule has 2 amide bonds. The van der Waals surface area contributed by atoms with E-state index in [0.29, 0.717) is 17.7 Å². The molecule has 0 aliphatic carbocycles. The molecule has 0 spiro atoms. The third kappa shape index (κ3) is 4.74. The maximum absolute atomic E-state index is 11.9. The second-order valence-corrected chi connectivity index (χ2v) is 5.33. The molecule has 0 heterocycles. The monoisotopic (exact) mass is 296 g/mol. The second-order valence-electron chi connectivity index (χ2n) is 5.33. The van der Waals surface area contributed by atoms with Crippen molar-refractivity contribution in [2.24, 2.45) is 5.73 Å². The topological polar surface area (TPSA) is 72.2 Å². The maximum Gasteiger partial charge on any atom is 0.248 e. The van der Waals surface area contributed by atoms with Crippen molar-refractivity contribution in [3.05, 3.63) is 65.2 Å². The highest BCUT2D eigenvalue weighted by atomic mass is 16.1. The lowest BCUT2D eigenvalue weighted by molar-refractivity contribution is -0.116. The van der Waals surface area contributed by atoms with E-state index in [0.717, 1.165) is 12.8 Å². The number of carbonyl (C=O) groups excluding carboxylic acids is 2. The van der Waals surface area contributed by atoms with E-state index in [9.17, 15) is 9.59 Å². The minimum absolute atomic E-state index is 0.0288. The average Bonchev–Trinajstić information content (AvgIpc) is 2.50. The van der Waals surface area contributed by atoms with Crippen molar-refractivity contribution in [3.63, 3.8) is 0 Å². The summed E-state index contributed by atoms with van der Waals surface area (Å²) in [5.74, 6) is -0.505. The second kappa shape index (κ2) is 7.41. The first-order valence-corrected chi connectivity index (χ1v) is 7.30. The van der Waals surface area contributed by atoms with Crippen LogP contribution in [0.4, 0.5) is 5.69 Å². The number of primary amides is 1. The van der Waals surface area contributed by atoms with Gasteiger partial charge >= 0.3 is 0 Å². The zero-order valence-electron chi connectivity index (χ0n) is 12.6. The van der Waals surface area contributed by atoms with Crippen LogP contribution in [0.2, 0.25) is 0 Å². The Bertz CT molecular complexity index is 646. The van der Waals surface area contributed by atoms with Crippen LogP contribution < -0.4 is 11.1 Å². The Morgan fingerprint density at radius 3 is 2.23 bits per heavy atom. The SMILES string of the molecule is Cc1ccc(CCCC(=O)Nc2ccc(C(N)=O)cc2)cc1. The quantitative estimate of drug-likeness (QED) is 0.860. The first-order chi connectivity index (χ1) is 10.5. The summed E-state index contributed by atoms with van der Waals surface area (Å²) in [5, 5.41) is 2.81. The van der Waals surface area contributed by atoms with Gasteiger partial charge in [0.25, 0.3) is 0 Å². The highest BCUT2D eigenvalue weighted by Gasteiger charge is 2.04. The molecule has 0 atom stereocenters. The number of anilines is 1. The van der Waals surface area contributed by atoms with Gasteiger partial charge in [0.2, 0.25) is 11.8 Å². The fourth-order valence-electron chi connectivity index (χ4n) is 2.15. The van der Waals surface area contributed by atoms with Crippen LogP contribution >= 0.6 is 0 Å². The van der Waals surface area contributed by atoms with Gasteiger partial charge in [-0.15, -0.1) is 0 Å². The molecule has 0 aliphatic rings. The van der Waals surface area contributed by atoms with Crippen molar-refractivity contribution in [3.8, 4) is 0 Å². The fourth-order valence-corrected chi connectivity index (χ4v) is 2.15. The van der Waals surface area contributed by atoms with E-state index < -0.39 is 5.91 Å². The number of carbonyl (C=O) groups is 2. The number of nitrogens with one attached hydrogen (secondary N) is 1. The average molecular weight is 296 g/mol. The molecule has 0 saturated heterocycles. The molecule has 2 aromatic carbocycles. The Labute approximate surface area is 130 Å². The van der Waals surface area contributed by atoms with E-state index in [-0.39, 0.29) is 5.91 Å². The van der Waals surface area contributed by atoms with Gasteiger partial charge in [0, 0.05) is 17.7 Å². The summed E-state index contributed by atoms with van der Waals surface area (Å²) in [6, 6.07) is 14.9. The van der Waals surface area contributed by atoms with Gasteiger partial charge in [-0.2, -0.15) is 0 Å². The molecule has 0 fully saturated rings. The van der Waals surface area contributed by atoms with Crippen LogP contribution in [0.1, 0.15) is 34.3 Å². The first kappa shape index (κ1) is 15.8. The number of nitrogens with two attached hydrogens (primary N) is 1. The Hall–Kier alpha value is -2.62. The third-order valence-electron chi connectivity index (χ3n) is 3.44. The van der Waals surface area contributed by atoms with Gasteiger partial charge in [0.1, 0.15) is 0 Å². The largest absolute Gasteiger partial charge is 0.366 e. The van der Waals surface area contributed by atoms with Gasteiger partial charge in [0.05, 0.1) is 0 Å². The van der Waals surface area contributed by atoms with Crippen LogP contribution in [0.25, 0.3) is 0 Å². The van der Waals surface area contributed by atoms with Crippen molar-refractivity contribution >= 4 is 17.5 Å². The summed E-state index contributed by atoms with van der Waals surface area (Å²) in [6.07, 6.45) is 2.15. The highest BCUT2D eigenvalue weighted by Crippen LogP contribution is 2.11. The molecule has 0 bridgehead atoms. The number of amides is 2. The van der Waals surface area contributed by atoms with Crippen LogP contribution in [0.5, 0.6) is 0 Å². The van der Waals surface area contributed by atoms with Crippen LogP contribution in [-0.2, 0) is 11.2 Å². The van der Waals surface area contributed by atoms with E-state index >= 15 is 0 Å². The molecular weight excluding hydrogens is 276 g/mol. The third-order valence-corrected chi connectivity index (χ3v) is 3.44. The van der Waals surface area contributed by atoms with Gasteiger partial charge in [-0.25, -0.2) is 0 Å². The summed E-state index contributed by atoms with van der Waals surface area (Å²) < 4.78 is 0. The van der Waals surface area contributed by atoms with Gasteiger partial charge in [-0.05, 0) is 49.6 Å². The molecular formula is C18H20N2O2. The van der Waals surface area contributed by atoms with Crippen molar-refractivity contribution in [1.29, 1.82) is 0 Å². The van der Waals surface area contributed by atoms with Gasteiger partial charge in [-0.3, -0.25) is 9.59 Å². The Morgan fingerprint density at radius 1 is 1.00 bits per heavy atom. The number of rotatable bonds is 6. The van der Waals surface area contributed by atoms with Gasteiger partial charge in [-0.1, -0.05) is 29.8 Å². The molecule has 0 radical (unpaired) electrons. The van der Waals surface area contributed by atoms with Crippen LogP contribution in [0.15, 0.2) is 48.5 Å². The number of benzene rings is 2. The Balaban J connectivity index is 1.77. The number of hydrogen-bond donors (Lipinski definition) is 2. The van der Waals surface area contributed by atoms with Crippen LogP contribution in [0.3, 0.4) is 0 Å². The molecule has 114 valence electrons. The van der Waals surface area contributed by atoms with E-state index in [1.54, 1.807) is 24.3 Å². The first-order valence-electron chi connectivity index (χ1n) is 7.30. The fraction of sp³-hybridized carbons (Fsp3) is 0.222. The molecule has 0 aromatic heterocycles. The van der Waals surface area contributed by atoms with Crippen LogP contribution in [0, 0.1) is 6.92 Å². The highest BCUT2D eigenvalue weighted by molar-refractivity contribution is 5.94. The normalized spacial score (nSPS) is 10.2. The zero-order valence-corrected chi connectivity index (χ0v) is 12.6. The van der Waals surface area contributed by atoms with E-state index in [1.807, 2.05) is 0 Å². The Kier molecular flexibility index (Phi) is 5.31. The number of hydrogen-bond acceptors (Lipinski definition) is 2. The predicted molar refractivity (Wildman–Crippen MR) is 87.7 cm³/mol. The summed E-state index contributed by atoms with van der Waals surface area (Å²) >= 11 is 0. The lowest BCUT2D eigenvalue weighted by atomic mass is 10.1. The molecule has 3 N–H and O–H groups in total. The minimum atomic E-state index is -0.476. The molecule has 22 heavy (non-hydrogen) atoms. The molecule has 2 aromatic rings. The standard InChI is InChI=1S/C18H20N2O2/c1-13-5-7-14(8-6-13)3-2-4-17(21)20-16-11-9-15(10-12-16)18(19)22/h5-12H,2-4H2,1H3,(H2,19,22)(H,20,21). The zero-order chi connectivity index (χ0) is 15.9. The van der Waals surface area contributed by atoms with Crippen molar-refractivity contribution in [1.82, 2.24) is 0 Å². The smallest absolute Gasteiger partial charge is 0.248 e. The lowest BCUT2D eigenvalue weighted by Gasteiger charge is -2.06. The molecule has 0 aliphatic heterocycles. The van der Waals surface area contributed by atoms with Gasteiger partial charge in [0.15, 0.2) is 0 Å². The number of aryl methyl sites for hydroxylation is 2. The summed E-state index contributed by atoms with van der Waals surface area (Å²) in [7, 11) is 0. The Morgan fingerprint density at radius 2 is 1.64 bits per heavy atom. The molecule has 4 heteroatoms. The van der Waals surface area contributed by atoms with Crippen molar-refractivity contribution in [2.75, 3.05) is 5.32 Å². The molecule has 0 unspecified atom stereocenters. The van der Waals surface area contributed by atoms with Crippen molar-refractivity contribution < 1.29 is 9.59 Å². The van der Waals surface area contributed by atoms with Crippen molar-refractivity contribution in [2.45, 2.75) is 26.2 Å². The van der Waals surface area contributed by atoms with E-state index in [2.05, 4.69) is 36.5 Å². The lowest BCUT2D eigenvalue weighted by Crippen LogP contribution is -2.13. The maximum atomic E-state index is 11.9. The molecule has 2 rings (SSSR count). The molecule has 4 nitrogen and oxygen atoms in total. The summed E-state index contributed by atoms with van der Waals surface area (Å²) in [5.41, 5.74) is 8.75.